The Morgan fingerprint density at radius 2 is 1.58 bits per heavy atom. The fourth-order valence-corrected chi connectivity index (χ4v) is 10.5. The Labute approximate surface area is 317 Å². The van der Waals surface area contributed by atoms with Crippen LogP contribution in [-0.2, 0) is 33.8 Å². The van der Waals surface area contributed by atoms with Gasteiger partial charge in [0, 0.05) is 25.8 Å². The third-order valence-corrected chi connectivity index (χ3v) is 14.6. The molecule has 4 aliphatic rings. The van der Waals surface area contributed by atoms with E-state index in [9.17, 15) is 32.4 Å². The van der Waals surface area contributed by atoms with Crippen LogP contribution in [0.3, 0.4) is 0 Å². The lowest BCUT2D eigenvalue weighted by atomic mass is 9.83. The van der Waals surface area contributed by atoms with Crippen LogP contribution >= 0.6 is 0 Å². The second-order valence-electron chi connectivity index (χ2n) is 18.1. The molecule has 0 bridgehead atoms. The van der Waals surface area contributed by atoms with Crippen molar-refractivity contribution in [2.45, 2.75) is 173 Å². The summed E-state index contributed by atoms with van der Waals surface area (Å²) in [5, 5.41) is 11.6. The van der Waals surface area contributed by atoms with Crippen LogP contribution in [0.5, 0.6) is 0 Å². The SMILES string of the molecule is CCCC[C@H](NC(=O)[C@@H]1C[C@@H](CC(C)C)CN1C(=O)[C@@H](NC(=O)NC1(CS(=O)(=O)C2(C)CCOCC2)CCCCC1)C(C)(C)C)C(=O)C(=O)NC1CC1. The van der Waals surface area contributed by atoms with E-state index in [1.165, 1.54) is 4.90 Å². The fourth-order valence-electron chi connectivity index (χ4n) is 8.25. The van der Waals surface area contributed by atoms with Crippen molar-refractivity contribution in [2.24, 2.45) is 17.3 Å². The molecule has 0 aromatic rings. The second-order valence-corrected chi connectivity index (χ2v) is 20.6. The topological polar surface area (TPSA) is 180 Å². The smallest absolute Gasteiger partial charge is 0.315 e. The Morgan fingerprint density at radius 3 is 2.15 bits per heavy atom. The molecular weight excluding hydrogens is 699 g/mol. The molecule has 0 radical (unpaired) electrons. The van der Waals surface area contributed by atoms with Crippen LogP contribution in [0.15, 0.2) is 0 Å². The quantitative estimate of drug-likeness (QED) is 0.169. The summed E-state index contributed by atoms with van der Waals surface area (Å²) in [6.45, 7) is 14.5. The minimum atomic E-state index is -3.63. The molecular formula is C39H67N5O8S. The Hall–Kier alpha value is -2.74. The van der Waals surface area contributed by atoms with Gasteiger partial charge in [-0.1, -0.05) is 73.6 Å². The van der Waals surface area contributed by atoms with Crippen LogP contribution in [0.1, 0.15) is 138 Å². The molecule has 0 aromatic carbocycles. The average Bonchev–Trinajstić information content (AvgIpc) is 3.79. The second kappa shape index (κ2) is 17.8. The normalized spacial score (nSPS) is 24.2. The first-order valence-corrected chi connectivity index (χ1v) is 21.8. The van der Waals surface area contributed by atoms with E-state index in [0.717, 1.165) is 44.9 Å². The number of hydrogen-bond acceptors (Lipinski definition) is 8. The van der Waals surface area contributed by atoms with Crippen molar-refractivity contribution in [1.82, 2.24) is 26.2 Å². The van der Waals surface area contributed by atoms with E-state index in [2.05, 4.69) is 35.1 Å². The van der Waals surface area contributed by atoms with Crippen LogP contribution < -0.4 is 21.3 Å². The summed E-state index contributed by atoms with van der Waals surface area (Å²) in [5.41, 5.74) is -1.74. The van der Waals surface area contributed by atoms with E-state index >= 15 is 0 Å². The molecule has 4 fully saturated rings. The summed E-state index contributed by atoms with van der Waals surface area (Å²) < 4.78 is 32.4. The van der Waals surface area contributed by atoms with Gasteiger partial charge >= 0.3 is 6.03 Å². The maximum atomic E-state index is 14.6. The summed E-state index contributed by atoms with van der Waals surface area (Å²) in [5.74, 6) is -2.11. The zero-order chi connectivity index (χ0) is 39.2. The van der Waals surface area contributed by atoms with E-state index in [0.29, 0.717) is 70.6 Å². The van der Waals surface area contributed by atoms with E-state index in [1.807, 2.05) is 27.7 Å². The zero-order valence-corrected chi connectivity index (χ0v) is 34.1. The highest BCUT2D eigenvalue weighted by Gasteiger charge is 2.49. The lowest BCUT2D eigenvalue weighted by Crippen LogP contribution is -2.64. The molecule has 0 spiro atoms. The monoisotopic (exact) mass is 765 g/mol. The number of carbonyl (C=O) groups is 5. The van der Waals surface area contributed by atoms with Gasteiger partial charge in [0.1, 0.15) is 12.1 Å². The molecule has 13 nitrogen and oxygen atoms in total. The van der Waals surface area contributed by atoms with Crippen molar-refractivity contribution in [3.63, 3.8) is 0 Å². The molecule has 2 aliphatic heterocycles. The lowest BCUT2D eigenvalue weighted by Gasteiger charge is -2.42. The number of ether oxygens (including phenoxy) is 1. The Morgan fingerprint density at radius 1 is 0.943 bits per heavy atom. The first-order chi connectivity index (χ1) is 24.8. The summed E-state index contributed by atoms with van der Waals surface area (Å²) in [6, 6.07) is -3.54. The Balaban J connectivity index is 1.54. The van der Waals surface area contributed by atoms with Gasteiger partial charge in [0.15, 0.2) is 9.84 Å². The highest BCUT2D eigenvalue weighted by molar-refractivity contribution is 7.92. The van der Waals surface area contributed by atoms with Gasteiger partial charge in [-0.15, -0.1) is 0 Å². The fraction of sp³-hybridized carbons (Fsp3) is 0.872. The number of ketones is 1. The van der Waals surface area contributed by atoms with Gasteiger partial charge in [-0.3, -0.25) is 19.2 Å². The molecule has 5 amide bonds. The van der Waals surface area contributed by atoms with Crippen molar-refractivity contribution in [2.75, 3.05) is 25.5 Å². The number of nitrogens with zero attached hydrogens (tertiary/aromatic N) is 1. The van der Waals surface area contributed by atoms with Gasteiger partial charge in [0.05, 0.1) is 22.1 Å². The van der Waals surface area contributed by atoms with Crippen molar-refractivity contribution < 1.29 is 37.1 Å². The molecule has 14 heteroatoms. The zero-order valence-electron chi connectivity index (χ0n) is 33.3. The minimum absolute atomic E-state index is 0.000384. The number of urea groups is 1. The molecule has 4 atom stereocenters. The van der Waals surface area contributed by atoms with E-state index < -0.39 is 73.2 Å². The van der Waals surface area contributed by atoms with E-state index in [1.54, 1.807) is 6.92 Å². The molecule has 53 heavy (non-hydrogen) atoms. The summed E-state index contributed by atoms with van der Waals surface area (Å²) >= 11 is 0. The third-order valence-electron chi connectivity index (χ3n) is 11.7. The predicted octanol–water partition coefficient (Wildman–Crippen LogP) is 4.17. The van der Waals surface area contributed by atoms with Crippen LogP contribution in [0.4, 0.5) is 4.79 Å². The third kappa shape index (κ3) is 11.4. The van der Waals surface area contributed by atoms with Crippen LogP contribution in [-0.4, -0.2) is 103 Å². The summed E-state index contributed by atoms with van der Waals surface area (Å²) in [7, 11) is -3.63. The summed E-state index contributed by atoms with van der Waals surface area (Å²) in [4.78, 5) is 70.1. The van der Waals surface area contributed by atoms with Gasteiger partial charge in [0.2, 0.25) is 17.6 Å². The van der Waals surface area contributed by atoms with E-state index in [-0.39, 0.29) is 17.7 Å². The number of carbonyl (C=O) groups excluding carboxylic acids is 5. The predicted molar refractivity (Wildman–Crippen MR) is 204 cm³/mol. The number of nitrogens with one attached hydrogen (secondary N) is 4. The van der Waals surface area contributed by atoms with Gasteiger partial charge in [-0.2, -0.15) is 0 Å². The number of likely N-dealkylation sites (tertiary alicyclic amines) is 1. The Kier molecular flexibility index (Phi) is 14.4. The summed E-state index contributed by atoms with van der Waals surface area (Å²) in [6.07, 6.45) is 8.92. The molecule has 302 valence electrons. The molecule has 2 saturated heterocycles. The highest BCUT2D eigenvalue weighted by atomic mass is 32.2. The molecule has 4 N–H and O–H groups in total. The minimum Gasteiger partial charge on any atom is -0.381 e. The largest absolute Gasteiger partial charge is 0.381 e. The number of sulfone groups is 1. The number of amides is 5. The van der Waals surface area contributed by atoms with Crippen LogP contribution in [0.2, 0.25) is 0 Å². The first kappa shape index (κ1) is 43.0. The maximum absolute atomic E-state index is 14.6. The molecule has 0 unspecified atom stereocenters. The molecule has 4 rings (SSSR count). The van der Waals surface area contributed by atoms with Crippen molar-refractivity contribution in [1.29, 1.82) is 0 Å². The molecule has 0 aromatic heterocycles. The van der Waals surface area contributed by atoms with Crippen molar-refractivity contribution in [3.05, 3.63) is 0 Å². The molecule has 2 aliphatic carbocycles. The number of hydrogen-bond donors (Lipinski definition) is 4. The maximum Gasteiger partial charge on any atom is 0.315 e. The first-order valence-electron chi connectivity index (χ1n) is 20.1. The van der Waals surface area contributed by atoms with Crippen LogP contribution in [0, 0.1) is 17.3 Å². The van der Waals surface area contributed by atoms with Gasteiger partial charge in [-0.25, -0.2) is 13.2 Å². The highest BCUT2D eigenvalue weighted by Crippen LogP contribution is 2.37. The van der Waals surface area contributed by atoms with E-state index in [4.69, 9.17) is 4.74 Å². The lowest BCUT2D eigenvalue weighted by molar-refractivity contribution is -0.144. The van der Waals surface area contributed by atoms with Crippen molar-refractivity contribution >= 4 is 39.4 Å². The Bertz CT molecular complexity index is 1430. The molecule has 2 heterocycles. The number of rotatable bonds is 16. The average molecular weight is 766 g/mol. The van der Waals surface area contributed by atoms with Crippen LogP contribution in [0.25, 0.3) is 0 Å². The van der Waals surface area contributed by atoms with Gasteiger partial charge in [-0.05, 0) is 82.0 Å². The molecule has 2 saturated carbocycles. The van der Waals surface area contributed by atoms with Gasteiger partial charge in [0.25, 0.3) is 5.91 Å². The standard InChI is InChI=1S/C39H67N5O8S/c1-8-9-13-29(31(45)34(47)40-28-14-15-28)41-33(46)30-23-27(22-26(2)3)24-44(30)35(48)32(37(4,5)6)42-36(49)43-39(16-11-10-12-17-39)25-53(50,51)38(7)18-20-52-21-19-38/h26-30,32H,8-25H2,1-7H3,(H,40,47)(H,41,46)(H2,42,43,49)/t27-,29+,30+,32-/m1/s1. The number of unbranched alkanes of at least 4 members (excludes halogenated alkanes) is 1. The number of Topliss-reactive ketones (excluding diaryl/α,β-unsaturated/α-hetero) is 1. The van der Waals surface area contributed by atoms with Gasteiger partial charge < -0.3 is 30.9 Å². The van der Waals surface area contributed by atoms with Crippen molar-refractivity contribution in [3.8, 4) is 0 Å².